The van der Waals surface area contributed by atoms with Crippen molar-refractivity contribution >= 4 is 23.1 Å². The summed E-state index contributed by atoms with van der Waals surface area (Å²) in [5.74, 6) is 0. The summed E-state index contributed by atoms with van der Waals surface area (Å²) in [7, 11) is 0. The van der Waals surface area contributed by atoms with E-state index in [1.807, 2.05) is 29.2 Å². The van der Waals surface area contributed by atoms with Crippen LogP contribution in [0.15, 0.2) is 81.9 Å². The summed E-state index contributed by atoms with van der Waals surface area (Å²) in [6, 6.07) is 25.4. The van der Waals surface area contributed by atoms with Crippen molar-refractivity contribution in [2.24, 2.45) is 0 Å². The van der Waals surface area contributed by atoms with E-state index in [1.54, 1.807) is 0 Å². The van der Waals surface area contributed by atoms with Gasteiger partial charge >= 0.3 is 0 Å². The summed E-state index contributed by atoms with van der Waals surface area (Å²) in [4.78, 5) is 2.62. The van der Waals surface area contributed by atoms with Crippen LogP contribution in [0.4, 0.5) is 0 Å². The Morgan fingerprint density at radius 1 is 0.667 bits per heavy atom. The van der Waals surface area contributed by atoms with Crippen LogP contribution in [0.3, 0.4) is 0 Å². The molecule has 0 radical (unpaired) electrons. The molecule has 0 fully saturated rings. The van der Waals surface area contributed by atoms with Gasteiger partial charge in [0.05, 0.1) is 4.21 Å². The molecule has 0 atom stereocenters. The van der Waals surface area contributed by atoms with Gasteiger partial charge in [-0.05, 0) is 29.8 Å². The van der Waals surface area contributed by atoms with Gasteiger partial charge in [-0.1, -0.05) is 60.3 Å². The van der Waals surface area contributed by atoms with E-state index >= 15 is 0 Å². The third-order valence-electron chi connectivity index (χ3n) is 2.60. The largest absolute Gasteiger partial charge is 0.128 e. The lowest BCUT2D eigenvalue weighted by molar-refractivity contribution is 1.46. The molecule has 0 saturated heterocycles. The van der Waals surface area contributed by atoms with Crippen molar-refractivity contribution in [2.45, 2.75) is 9.10 Å². The van der Waals surface area contributed by atoms with E-state index in [0.717, 1.165) is 0 Å². The molecule has 3 rings (SSSR count). The zero-order valence-corrected chi connectivity index (χ0v) is 11.4. The van der Waals surface area contributed by atoms with Gasteiger partial charge in [0.15, 0.2) is 0 Å². The van der Waals surface area contributed by atoms with E-state index < -0.39 is 0 Å². The van der Waals surface area contributed by atoms with Crippen LogP contribution in [0.1, 0.15) is 0 Å². The predicted molar refractivity (Wildman–Crippen MR) is 80.3 cm³/mol. The van der Waals surface area contributed by atoms with Gasteiger partial charge < -0.3 is 0 Å². The first kappa shape index (κ1) is 11.6. The van der Waals surface area contributed by atoms with Crippen LogP contribution in [0.5, 0.6) is 0 Å². The molecule has 0 saturated carbocycles. The highest BCUT2D eigenvalue weighted by Crippen LogP contribution is 2.37. The standard InChI is InChI=1S/C16H12S2/c1-3-7-13(8-4-1)15-11-12-16(18-15)17-14-9-5-2-6-10-14/h1-12H. The van der Waals surface area contributed by atoms with E-state index in [9.17, 15) is 0 Å². The topological polar surface area (TPSA) is 0 Å². The van der Waals surface area contributed by atoms with Gasteiger partial charge in [0.2, 0.25) is 0 Å². The summed E-state index contributed by atoms with van der Waals surface area (Å²) in [5.41, 5.74) is 1.29. The minimum Gasteiger partial charge on any atom is -0.128 e. The van der Waals surface area contributed by atoms with Crippen molar-refractivity contribution in [1.29, 1.82) is 0 Å². The molecule has 0 aliphatic rings. The molecule has 0 nitrogen and oxygen atoms in total. The van der Waals surface area contributed by atoms with Crippen LogP contribution >= 0.6 is 23.1 Å². The van der Waals surface area contributed by atoms with Crippen LogP contribution in [-0.4, -0.2) is 0 Å². The number of benzene rings is 2. The quantitative estimate of drug-likeness (QED) is 0.598. The lowest BCUT2D eigenvalue weighted by atomic mass is 10.2. The number of thiophene rings is 1. The molecule has 0 unspecified atom stereocenters. The normalized spacial score (nSPS) is 10.4. The summed E-state index contributed by atoms with van der Waals surface area (Å²) < 4.78 is 1.33. The van der Waals surface area contributed by atoms with Crippen LogP contribution in [0.25, 0.3) is 10.4 Å². The van der Waals surface area contributed by atoms with Gasteiger partial charge in [-0.15, -0.1) is 11.3 Å². The van der Waals surface area contributed by atoms with Gasteiger partial charge in [0.25, 0.3) is 0 Å². The summed E-state index contributed by atoms with van der Waals surface area (Å²) >= 11 is 3.67. The second-order valence-electron chi connectivity index (χ2n) is 3.90. The fraction of sp³-hybridized carbons (Fsp3) is 0. The maximum Gasteiger partial charge on any atom is 0.0652 e. The SMILES string of the molecule is c1ccc(Sc2ccc(-c3ccccc3)s2)cc1. The predicted octanol–water partition coefficient (Wildman–Crippen LogP) is 5.57. The second kappa shape index (κ2) is 5.42. The highest BCUT2D eigenvalue weighted by Gasteiger charge is 2.03. The maximum atomic E-state index is 2.20. The molecule has 0 aliphatic heterocycles. The highest BCUT2D eigenvalue weighted by molar-refractivity contribution is 8.01. The highest BCUT2D eigenvalue weighted by atomic mass is 32.2. The van der Waals surface area contributed by atoms with E-state index in [0.29, 0.717) is 0 Å². The minimum absolute atomic E-state index is 1.29. The van der Waals surface area contributed by atoms with Crippen molar-refractivity contribution in [3.8, 4) is 10.4 Å². The molecule has 1 heterocycles. The van der Waals surface area contributed by atoms with Gasteiger partial charge in [-0.3, -0.25) is 0 Å². The molecular weight excluding hydrogens is 256 g/mol. The maximum absolute atomic E-state index is 2.20. The Balaban J connectivity index is 1.82. The molecule has 0 spiro atoms. The smallest absolute Gasteiger partial charge is 0.0652 e. The summed E-state index contributed by atoms with van der Waals surface area (Å²) in [6.45, 7) is 0. The van der Waals surface area contributed by atoms with Gasteiger partial charge in [0.1, 0.15) is 0 Å². The van der Waals surface area contributed by atoms with Crippen molar-refractivity contribution < 1.29 is 0 Å². The average Bonchev–Trinajstić information content (AvgIpc) is 2.89. The molecule has 0 N–H and O–H groups in total. The third-order valence-corrected chi connectivity index (χ3v) is 4.88. The summed E-state index contributed by atoms with van der Waals surface area (Å²) in [6.07, 6.45) is 0. The van der Waals surface area contributed by atoms with Crippen molar-refractivity contribution in [3.05, 3.63) is 72.8 Å². The number of rotatable bonds is 3. The Bertz CT molecular complexity index is 612. The number of hydrogen-bond donors (Lipinski definition) is 0. The van der Waals surface area contributed by atoms with Crippen molar-refractivity contribution in [3.63, 3.8) is 0 Å². The molecule has 1 aromatic heterocycles. The molecule has 2 heteroatoms. The zero-order chi connectivity index (χ0) is 12.2. The molecular formula is C16H12S2. The Labute approximate surface area is 115 Å². The monoisotopic (exact) mass is 268 g/mol. The average molecular weight is 268 g/mol. The van der Waals surface area contributed by atoms with E-state index in [4.69, 9.17) is 0 Å². The van der Waals surface area contributed by atoms with Crippen LogP contribution in [-0.2, 0) is 0 Å². The Hall–Kier alpha value is -1.51. The van der Waals surface area contributed by atoms with Crippen LogP contribution in [0, 0.1) is 0 Å². The number of hydrogen-bond acceptors (Lipinski definition) is 2. The first-order valence-electron chi connectivity index (χ1n) is 5.80. The molecule has 0 bridgehead atoms. The van der Waals surface area contributed by atoms with Crippen LogP contribution < -0.4 is 0 Å². The van der Waals surface area contributed by atoms with E-state index in [1.165, 1.54) is 19.5 Å². The first-order chi connectivity index (χ1) is 8.92. The van der Waals surface area contributed by atoms with Gasteiger partial charge in [0, 0.05) is 9.77 Å². The summed E-state index contributed by atoms with van der Waals surface area (Å²) in [5, 5.41) is 0. The Morgan fingerprint density at radius 2 is 1.33 bits per heavy atom. The van der Waals surface area contributed by atoms with Crippen molar-refractivity contribution in [2.75, 3.05) is 0 Å². The van der Waals surface area contributed by atoms with Crippen LogP contribution in [0.2, 0.25) is 0 Å². The Morgan fingerprint density at radius 3 is 2.06 bits per heavy atom. The molecule has 18 heavy (non-hydrogen) atoms. The fourth-order valence-electron chi connectivity index (χ4n) is 1.74. The third kappa shape index (κ3) is 2.66. The Kier molecular flexibility index (Phi) is 3.49. The molecule has 2 aromatic carbocycles. The lowest BCUT2D eigenvalue weighted by Gasteiger charge is -1.97. The van der Waals surface area contributed by atoms with Gasteiger partial charge in [-0.2, -0.15) is 0 Å². The van der Waals surface area contributed by atoms with Crippen molar-refractivity contribution in [1.82, 2.24) is 0 Å². The first-order valence-corrected chi connectivity index (χ1v) is 7.43. The van der Waals surface area contributed by atoms with E-state index in [-0.39, 0.29) is 0 Å². The lowest BCUT2D eigenvalue weighted by Crippen LogP contribution is -1.67. The molecule has 0 aliphatic carbocycles. The molecule has 3 aromatic rings. The molecule has 0 amide bonds. The van der Waals surface area contributed by atoms with Gasteiger partial charge in [-0.25, -0.2) is 0 Å². The van der Waals surface area contributed by atoms with E-state index in [2.05, 4.69) is 66.7 Å². The zero-order valence-electron chi connectivity index (χ0n) is 9.74. The fourth-order valence-corrected chi connectivity index (χ4v) is 3.87. The second-order valence-corrected chi connectivity index (χ2v) is 6.36. The minimum atomic E-state index is 1.29. The molecule has 88 valence electrons.